The smallest absolute Gasteiger partial charge is 0.254 e. The van der Waals surface area contributed by atoms with Gasteiger partial charge in [-0.05, 0) is 66.2 Å². The van der Waals surface area contributed by atoms with Gasteiger partial charge >= 0.3 is 0 Å². The number of benzene rings is 2. The third kappa shape index (κ3) is 7.86. The van der Waals surface area contributed by atoms with Crippen LogP contribution in [0.15, 0.2) is 47.8 Å². The first-order valence-corrected chi connectivity index (χ1v) is 13.7. The second-order valence-electron chi connectivity index (χ2n) is 8.63. The van der Waals surface area contributed by atoms with E-state index in [1.54, 1.807) is 49.7 Å². The van der Waals surface area contributed by atoms with Crippen LogP contribution in [0.3, 0.4) is 0 Å². The van der Waals surface area contributed by atoms with Crippen LogP contribution in [0.4, 0.5) is 0 Å². The Morgan fingerprint density at radius 3 is 2.29 bits per heavy atom. The van der Waals surface area contributed by atoms with E-state index in [1.807, 2.05) is 36.6 Å². The second kappa shape index (κ2) is 14.4. The van der Waals surface area contributed by atoms with E-state index in [9.17, 15) is 9.59 Å². The number of methoxy groups -OCH3 is 3. The molecule has 0 fully saturated rings. The average Bonchev–Trinajstić information content (AvgIpc) is 3.33. The monoisotopic (exact) mass is 578 g/mol. The summed E-state index contributed by atoms with van der Waals surface area (Å²) in [6.45, 7) is 3.39. The Morgan fingerprint density at radius 1 is 0.895 bits per heavy atom. The van der Waals surface area contributed by atoms with Crippen LogP contribution in [0.25, 0.3) is 0 Å². The molecule has 0 N–H and O–H groups in total. The Kier molecular flexibility index (Phi) is 11.3. The van der Waals surface area contributed by atoms with Gasteiger partial charge in [-0.3, -0.25) is 9.59 Å². The zero-order chi connectivity index (χ0) is 27.7. The van der Waals surface area contributed by atoms with E-state index < -0.39 is 0 Å². The highest BCUT2D eigenvalue weighted by Gasteiger charge is 2.24. The molecule has 0 spiro atoms. The molecular weight excluding hydrogens is 547 g/mol. The lowest BCUT2D eigenvalue weighted by molar-refractivity contribution is -0.132. The maximum Gasteiger partial charge on any atom is 0.254 e. The van der Waals surface area contributed by atoms with Crippen molar-refractivity contribution in [1.29, 1.82) is 0 Å². The van der Waals surface area contributed by atoms with Crippen molar-refractivity contribution in [1.82, 2.24) is 9.80 Å². The van der Waals surface area contributed by atoms with Crippen molar-refractivity contribution in [2.75, 3.05) is 47.6 Å². The van der Waals surface area contributed by atoms with Gasteiger partial charge < -0.3 is 24.0 Å². The third-order valence-corrected chi connectivity index (χ3v) is 7.87. The summed E-state index contributed by atoms with van der Waals surface area (Å²) >= 11 is 13.8. The summed E-state index contributed by atoms with van der Waals surface area (Å²) < 4.78 is 16.0. The van der Waals surface area contributed by atoms with E-state index in [1.165, 1.54) is 11.0 Å². The maximum absolute atomic E-state index is 13.7. The molecule has 204 valence electrons. The molecule has 0 saturated heterocycles. The van der Waals surface area contributed by atoms with E-state index in [4.69, 9.17) is 37.4 Å². The number of hydrogen-bond donors (Lipinski definition) is 0. The molecule has 10 heteroatoms. The SMILES string of the molecule is COCCN(CC(=O)N(CCc1ccc(OC)c(OC)c1)Cc1sccc1C)C(=O)c1ccc(Cl)c(Cl)c1. The normalized spacial score (nSPS) is 10.8. The van der Waals surface area contributed by atoms with Crippen molar-refractivity contribution in [2.45, 2.75) is 19.9 Å². The molecule has 2 aromatic carbocycles. The quantitative estimate of drug-likeness (QED) is 0.258. The van der Waals surface area contributed by atoms with E-state index >= 15 is 0 Å². The molecule has 0 aliphatic rings. The molecular formula is C28H32Cl2N2O5S. The fourth-order valence-electron chi connectivity index (χ4n) is 3.86. The molecule has 0 saturated carbocycles. The van der Waals surface area contributed by atoms with Crippen LogP contribution >= 0.6 is 34.5 Å². The maximum atomic E-state index is 13.7. The Bertz CT molecular complexity index is 1250. The molecule has 0 unspecified atom stereocenters. The van der Waals surface area contributed by atoms with Gasteiger partial charge in [-0.25, -0.2) is 0 Å². The zero-order valence-electron chi connectivity index (χ0n) is 22.0. The molecule has 0 atom stereocenters. The Balaban J connectivity index is 1.81. The van der Waals surface area contributed by atoms with Crippen molar-refractivity contribution in [3.8, 4) is 11.5 Å². The fraction of sp³-hybridized carbons (Fsp3) is 0.357. The molecule has 0 aliphatic heterocycles. The number of nitrogens with zero attached hydrogens (tertiary/aromatic N) is 2. The lowest BCUT2D eigenvalue weighted by atomic mass is 10.1. The number of rotatable bonds is 13. The highest BCUT2D eigenvalue weighted by atomic mass is 35.5. The molecule has 0 bridgehead atoms. The van der Waals surface area contributed by atoms with Crippen molar-refractivity contribution in [2.24, 2.45) is 0 Å². The number of hydrogen-bond acceptors (Lipinski definition) is 6. The number of thiophene rings is 1. The molecule has 1 heterocycles. The Hall–Kier alpha value is -2.78. The van der Waals surface area contributed by atoms with E-state index in [0.717, 1.165) is 16.0 Å². The molecule has 1 aromatic heterocycles. The Morgan fingerprint density at radius 2 is 1.66 bits per heavy atom. The molecule has 0 radical (unpaired) electrons. The van der Waals surface area contributed by atoms with Gasteiger partial charge in [0.2, 0.25) is 5.91 Å². The highest BCUT2D eigenvalue weighted by molar-refractivity contribution is 7.10. The van der Waals surface area contributed by atoms with Gasteiger partial charge in [0.05, 0.1) is 37.4 Å². The third-order valence-electron chi connectivity index (χ3n) is 6.12. The first kappa shape index (κ1) is 29.8. The molecule has 38 heavy (non-hydrogen) atoms. The number of aryl methyl sites for hydroxylation is 1. The predicted octanol–water partition coefficient (Wildman–Crippen LogP) is 5.74. The average molecular weight is 580 g/mol. The van der Waals surface area contributed by atoms with Crippen LogP contribution in [0.1, 0.15) is 26.4 Å². The van der Waals surface area contributed by atoms with Gasteiger partial charge in [-0.2, -0.15) is 0 Å². The lowest BCUT2D eigenvalue weighted by Gasteiger charge is -2.28. The topological polar surface area (TPSA) is 68.3 Å². The standard InChI is InChI=1S/C28H32Cl2N2O5S/c1-19-10-14-38-26(19)17-31(11-9-20-5-8-24(36-3)25(15-20)37-4)27(33)18-32(12-13-35-2)28(34)21-6-7-22(29)23(30)16-21/h5-8,10,14-16H,9,11-13,17-18H2,1-4H3. The van der Waals surface area contributed by atoms with Crippen LogP contribution in [0, 0.1) is 6.92 Å². The van der Waals surface area contributed by atoms with Crippen molar-refractivity contribution in [3.63, 3.8) is 0 Å². The summed E-state index contributed by atoms with van der Waals surface area (Å²) in [4.78, 5) is 31.4. The van der Waals surface area contributed by atoms with Crippen LogP contribution in [-0.4, -0.2) is 69.2 Å². The summed E-state index contributed by atoms with van der Waals surface area (Å²) in [5.41, 5.74) is 2.49. The minimum absolute atomic E-state index is 0.0984. The summed E-state index contributed by atoms with van der Waals surface area (Å²) in [5, 5.41) is 2.65. The number of amides is 2. The Labute approximate surface area is 237 Å². The zero-order valence-corrected chi connectivity index (χ0v) is 24.3. The van der Waals surface area contributed by atoms with Gasteiger partial charge in [0.15, 0.2) is 11.5 Å². The van der Waals surface area contributed by atoms with Crippen molar-refractivity contribution in [3.05, 3.63) is 79.5 Å². The fourth-order valence-corrected chi connectivity index (χ4v) is 5.08. The molecule has 7 nitrogen and oxygen atoms in total. The molecule has 2 amide bonds. The van der Waals surface area contributed by atoms with Gasteiger partial charge in [-0.15, -0.1) is 11.3 Å². The minimum atomic E-state index is -0.318. The number of halogens is 2. The van der Waals surface area contributed by atoms with E-state index in [2.05, 4.69) is 0 Å². The van der Waals surface area contributed by atoms with Crippen LogP contribution in [-0.2, 0) is 22.5 Å². The summed E-state index contributed by atoms with van der Waals surface area (Å²) in [5.74, 6) is 0.798. The summed E-state index contributed by atoms with van der Waals surface area (Å²) in [6, 6.07) is 12.4. The highest BCUT2D eigenvalue weighted by Crippen LogP contribution is 2.28. The number of carbonyl (C=O) groups excluding carboxylic acids is 2. The molecule has 0 aliphatic carbocycles. The van der Waals surface area contributed by atoms with Crippen molar-refractivity contribution < 1.29 is 23.8 Å². The molecule has 3 rings (SSSR count). The van der Waals surface area contributed by atoms with Gasteiger partial charge in [0.1, 0.15) is 6.54 Å². The van der Waals surface area contributed by atoms with E-state index in [-0.39, 0.29) is 36.5 Å². The number of carbonyl (C=O) groups is 2. The lowest BCUT2D eigenvalue weighted by Crippen LogP contribution is -2.44. The minimum Gasteiger partial charge on any atom is -0.493 e. The summed E-state index contributed by atoms with van der Waals surface area (Å²) in [7, 11) is 4.74. The van der Waals surface area contributed by atoms with Crippen LogP contribution in [0.2, 0.25) is 10.0 Å². The second-order valence-corrected chi connectivity index (χ2v) is 10.4. The number of ether oxygens (including phenoxy) is 3. The van der Waals surface area contributed by atoms with Gasteiger partial charge in [-0.1, -0.05) is 29.3 Å². The first-order chi connectivity index (χ1) is 18.3. The largest absolute Gasteiger partial charge is 0.493 e. The van der Waals surface area contributed by atoms with Gasteiger partial charge in [0.25, 0.3) is 5.91 Å². The molecule has 3 aromatic rings. The van der Waals surface area contributed by atoms with E-state index in [0.29, 0.717) is 41.6 Å². The van der Waals surface area contributed by atoms with Crippen LogP contribution in [0.5, 0.6) is 11.5 Å². The summed E-state index contributed by atoms with van der Waals surface area (Å²) in [6.07, 6.45) is 0.606. The van der Waals surface area contributed by atoms with Gasteiger partial charge in [0, 0.05) is 30.6 Å². The van der Waals surface area contributed by atoms with Crippen molar-refractivity contribution >= 4 is 46.4 Å². The van der Waals surface area contributed by atoms with Crippen LogP contribution < -0.4 is 9.47 Å². The first-order valence-electron chi connectivity index (χ1n) is 12.0. The predicted molar refractivity (Wildman–Crippen MR) is 152 cm³/mol.